The van der Waals surface area contributed by atoms with Crippen LogP contribution in [0.1, 0.15) is 37.2 Å². The summed E-state index contributed by atoms with van der Waals surface area (Å²) in [6.07, 6.45) is 1.69. The second kappa shape index (κ2) is 9.38. The molecule has 10 nitrogen and oxygen atoms in total. The van der Waals surface area contributed by atoms with Gasteiger partial charge >= 0.3 is 5.97 Å². The Bertz CT molecular complexity index is 1360. The molecule has 6 atom stereocenters. The van der Waals surface area contributed by atoms with Crippen LogP contribution in [0.4, 0.5) is 0 Å². The van der Waals surface area contributed by atoms with Crippen LogP contribution in [-0.2, 0) is 24.0 Å². The van der Waals surface area contributed by atoms with Gasteiger partial charge in [-0.3, -0.25) is 33.8 Å². The summed E-state index contributed by atoms with van der Waals surface area (Å²) < 4.78 is 5.26. The number of methoxy groups -OCH3 is 1. The fraction of sp³-hybridized carbons (Fsp3) is 0.500. The van der Waals surface area contributed by atoms with Crippen LogP contribution < -0.4 is 4.74 Å². The normalized spacial score (nSPS) is 33.6. The second-order valence-electron chi connectivity index (χ2n) is 10.4. The van der Waals surface area contributed by atoms with E-state index in [0.717, 1.165) is 9.80 Å². The SMILES string of the molecule is COc1cc(C2C3=CCC4C(=O)N(CCCC(=O)O)C(=O)C4C3CC3(Cl)C(=O)N(C)C(=O)C23Cl)cc(Cl)c1O. The van der Waals surface area contributed by atoms with E-state index >= 15 is 0 Å². The fourth-order valence-electron chi connectivity index (χ4n) is 6.71. The number of benzene rings is 1. The van der Waals surface area contributed by atoms with Crippen LogP contribution in [0.3, 0.4) is 0 Å². The van der Waals surface area contributed by atoms with Crippen molar-refractivity contribution in [3.05, 3.63) is 34.4 Å². The van der Waals surface area contributed by atoms with Crippen molar-refractivity contribution in [3.63, 3.8) is 0 Å². The number of hydrogen-bond donors (Lipinski definition) is 2. The minimum Gasteiger partial charge on any atom is -0.503 e. The third-order valence-corrected chi connectivity index (χ3v) is 10.2. The first-order chi connectivity index (χ1) is 18.3. The highest BCUT2D eigenvalue weighted by atomic mass is 35.5. The lowest BCUT2D eigenvalue weighted by Crippen LogP contribution is -2.60. The molecule has 1 aromatic carbocycles. The Morgan fingerprint density at radius 2 is 1.82 bits per heavy atom. The number of hydrogen-bond acceptors (Lipinski definition) is 7. The van der Waals surface area contributed by atoms with Gasteiger partial charge in [0, 0.05) is 25.9 Å². The van der Waals surface area contributed by atoms with Crippen LogP contribution in [-0.4, -0.2) is 80.1 Å². The molecule has 4 aliphatic rings. The molecular formula is C26H25Cl3N2O8. The summed E-state index contributed by atoms with van der Waals surface area (Å²) in [4.78, 5) is 62.9. The van der Waals surface area contributed by atoms with Crippen molar-refractivity contribution in [2.45, 2.75) is 41.3 Å². The molecule has 2 aliphatic carbocycles. The number of aliphatic carboxylic acids is 1. The van der Waals surface area contributed by atoms with E-state index in [0.29, 0.717) is 11.1 Å². The van der Waals surface area contributed by atoms with Gasteiger partial charge in [0.15, 0.2) is 21.2 Å². The number of imide groups is 2. The number of phenolic OH excluding ortho intramolecular Hbond substituents is 1. The smallest absolute Gasteiger partial charge is 0.303 e. The van der Waals surface area contributed by atoms with Crippen molar-refractivity contribution in [2.75, 3.05) is 20.7 Å². The van der Waals surface area contributed by atoms with E-state index in [1.54, 1.807) is 6.08 Å². The zero-order valence-electron chi connectivity index (χ0n) is 20.9. The van der Waals surface area contributed by atoms with E-state index in [2.05, 4.69) is 0 Å². The maximum absolute atomic E-state index is 13.6. The van der Waals surface area contributed by atoms with Gasteiger partial charge in [-0.25, -0.2) is 0 Å². The number of carbonyl (C=O) groups is 5. The highest BCUT2D eigenvalue weighted by molar-refractivity contribution is 6.53. The molecule has 2 heterocycles. The van der Waals surface area contributed by atoms with E-state index in [1.807, 2.05) is 0 Å². The van der Waals surface area contributed by atoms with Crippen LogP contribution >= 0.6 is 34.8 Å². The molecule has 2 saturated heterocycles. The zero-order valence-corrected chi connectivity index (χ0v) is 23.2. The van der Waals surface area contributed by atoms with Crippen molar-refractivity contribution < 1.29 is 38.9 Å². The molecular weight excluding hydrogens is 575 g/mol. The lowest BCUT2D eigenvalue weighted by molar-refractivity contribution is -0.142. The summed E-state index contributed by atoms with van der Waals surface area (Å²) in [7, 11) is 2.61. The number of halogens is 3. The summed E-state index contributed by atoms with van der Waals surface area (Å²) >= 11 is 20.5. The molecule has 4 amide bonds. The summed E-state index contributed by atoms with van der Waals surface area (Å²) in [5.41, 5.74) is 0.909. The number of nitrogens with zero attached hydrogens (tertiary/aromatic N) is 2. The van der Waals surface area contributed by atoms with Gasteiger partial charge in [-0.15, -0.1) is 23.2 Å². The van der Waals surface area contributed by atoms with Crippen LogP contribution in [0.25, 0.3) is 0 Å². The number of carbonyl (C=O) groups excluding carboxylic acids is 4. The van der Waals surface area contributed by atoms with Crippen molar-refractivity contribution >= 4 is 64.4 Å². The van der Waals surface area contributed by atoms with E-state index in [9.17, 15) is 29.1 Å². The third kappa shape index (κ3) is 3.71. The van der Waals surface area contributed by atoms with Gasteiger partial charge in [0.05, 0.1) is 24.0 Å². The third-order valence-electron chi connectivity index (χ3n) is 8.48. The van der Waals surface area contributed by atoms with E-state index in [-0.39, 0.29) is 48.7 Å². The molecule has 5 rings (SSSR count). The largest absolute Gasteiger partial charge is 0.503 e. The van der Waals surface area contributed by atoms with Crippen molar-refractivity contribution in [2.24, 2.45) is 17.8 Å². The van der Waals surface area contributed by atoms with Gasteiger partial charge in [0.2, 0.25) is 11.8 Å². The zero-order chi connectivity index (χ0) is 28.6. The molecule has 13 heteroatoms. The Morgan fingerprint density at radius 3 is 2.46 bits per heavy atom. The average molecular weight is 600 g/mol. The molecule has 0 aromatic heterocycles. The molecule has 2 N–H and O–H groups in total. The first-order valence-electron chi connectivity index (χ1n) is 12.3. The highest BCUT2D eigenvalue weighted by Gasteiger charge is 2.75. The van der Waals surface area contributed by atoms with Crippen LogP contribution in [0.2, 0.25) is 5.02 Å². The van der Waals surface area contributed by atoms with Gasteiger partial charge < -0.3 is 14.9 Å². The Labute approximate surface area is 238 Å². The molecule has 0 bridgehead atoms. The number of carboxylic acid groups (broad SMARTS) is 1. The van der Waals surface area contributed by atoms with E-state index in [1.165, 1.54) is 26.3 Å². The van der Waals surface area contributed by atoms with Gasteiger partial charge in [-0.2, -0.15) is 0 Å². The molecule has 0 spiro atoms. The van der Waals surface area contributed by atoms with Crippen LogP contribution in [0.15, 0.2) is 23.8 Å². The molecule has 39 heavy (non-hydrogen) atoms. The van der Waals surface area contributed by atoms with Crippen LogP contribution in [0, 0.1) is 17.8 Å². The number of alkyl halides is 2. The monoisotopic (exact) mass is 598 g/mol. The quantitative estimate of drug-likeness (QED) is 0.289. The van der Waals surface area contributed by atoms with Crippen molar-refractivity contribution in [1.29, 1.82) is 0 Å². The number of ether oxygens (including phenoxy) is 1. The number of allylic oxidation sites excluding steroid dienone is 2. The van der Waals surface area contributed by atoms with Crippen molar-refractivity contribution in [3.8, 4) is 11.5 Å². The first kappa shape index (κ1) is 27.7. The van der Waals surface area contributed by atoms with Gasteiger partial charge in [0.25, 0.3) is 11.8 Å². The summed E-state index contributed by atoms with van der Waals surface area (Å²) in [6.45, 7) is -0.0428. The van der Waals surface area contributed by atoms with Gasteiger partial charge in [0.1, 0.15) is 0 Å². The molecule has 1 saturated carbocycles. The summed E-state index contributed by atoms with van der Waals surface area (Å²) in [5.74, 6) is -7.03. The number of likely N-dealkylation sites (tertiary alicyclic amines) is 2. The summed E-state index contributed by atoms with van der Waals surface area (Å²) in [5, 5.41) is 19.2. The van der Waals surface area contributed by atoms with Crippen LogP contribution in [0.5, 0.6) is 11.5 Å². The molecule has 208 valence electrons. The second-order valence-corrected chi connectivity index (χ2v) is 12.0. The van der Waals surface area contributed by atoms with Crippen molar-refractivity contribution in [1.82, 2.24) is 9.80 Å². The molecule has 1 aromatic rings. The number of amides is 4. The maximum Gasteiger partial charge on any atom is 0.303 e. The standard InChI is InChI=1S/C26H25Cl3N2O8/c1-30-23(37)25(28)10-14-12(5-6-13-18(14)22(36)31(21(13)35)7-3-4-17(32)33)19(26(25,29)24(30)38)11-8-15(27)20(34)16(9-11)39-2/h5,8-9,13-14,18-19,34H,3-4,6-7,10H2,1-2H3,(H,32,33). The number of phenols is 1. The molecule has 0 radical (unpaired) electrons. The lowest BCUT2D eigenvalue weighted by atomic mass is 9.56. The molecule has 2 aliphatic heterocycles. The number of fused-ring (bicyclic) bond motifs is 4. The topological polar surface area (TPSA) is 142 Å². The first-order valence-corrected chi connectivity index (χ1v) is 13.5. The Balaban J connectivity index is 1.65. The Morgan fingerprint density at radius 1 is 1.13 bits per heavy atom. The minimum atomic E-state index is -1.99. The predicted octanol–water partition coefficient (Wildman–Crippen LogP) is 2.91. The fourth-order valence-corrected chi connectivity index (χ4v) is 7.95. The highest BCUT2D eigenvalue weighted by Crippen LogP contribution is 2.65. The van der Waals surface area contributed by atoms with Gasteiger partial charge in [-0.1, -0.05) is 23.3 Å². The Kier molecular flexibility index (Phi) is 6.67. The number of rotatable bonds is 6. The van der Waals surface area contributed by atoms with E-state index < -0.39 is 63.0 Å². The minimum absolute atomic E-state index is 0.0104. The van der Waals surface area contributed by atoms with Gasteiger partial charge in [-0.05, 0) is 42.9 Å². The predicted molar refractivity (Wildman–Crippen MR) is 139 cm³/mol. The summed E-state index contributed by atoms with van der Waals surface area (Å²) in [6, 6.07) is 2.87. The Hall–Kier alpha value is -2.82. The van der Waals surface area contributed by atoms with E-state index in [4.69, 9.17) is 44.6 Å². The number of carboxylic acids is 1. The molecule has 6 unspecified atom stereocenters. The maximum atomic E-state index is 13.6. The number of aromatic hydroxyl groups is 1. The lowest BCUT2D eigenvalue weighted by Gasteiger charge is -2.50. The molecule has 3 fully saturated rings. The average Bonchev–Trinajstić information content (AvgIpc) is 3.20.